The van der Waals surface area contributed by atoms with Crippen LogP contribution in [0, 0.1) is 0 Å². The van der Waals surface area contributed by atoms with Gasteiger partial charge in [0.15, 0.2) is 0 Å². The van der Waals surface area contributed by atoms with Crippen molar-refractivity contribution in [3.8, 4) is 11.3 Å². The zero-order chi connectivity index (χ0) is 13.8. The molecule has 3 N–H and O–H groups in total. The molecule has 1 fully saturated rings. The highest BCUT2D eigenvalue weighted by Gasteiger charge is 2.16. The number of imidazole rings is 1. The van der Waals surface area contributed by atoms with Crippen LogP contribution in [0.25, 0.3) is 11.3 Å². The summed E-state index contributed by atoms with van der Waals surface area (Å²) < 4.78 is 0. The van der Waals surface area contributed by atoms with Crippen LogP contribution < -0.4 is 10.6 Å². The van der Waals surface area contributed by atoms with E-state index in [2.05, 4.69) is 51.8 Å². The Labute approximate surface area is 120 Å². The SMILES string of the molecule is CC(CC1CCCN1)Nc1ccc(-c2cnc[nH]2)cc1. The van der Waals surface area contributed by atoms with Crippen LogP contribution in [-0.4, -0.2) is 28.6 Å². The number of benzene rings is 1. The van der Waals surface area contributed by atoms with E-state index in [1.54, 1.807) is 6.33 Å². The van der Waals surface area contributed by atoms with Crippen molar-refractivity contribution in [3.63, 3.8) is 0 Å². The molecule has 4 heteroatoms. The second-order valence-electron chi connectivity index (χ2n) is 5.62. The molecule has 1 aromatic carbocycles. The molecule has 2 aromatic rings. The molecule has 3 rings (SSSR count). The number of anilines is 1. The standard InChI is InChI=1S/C16H22N4/c1-12(9-15-3-2-8-18-15)20-14-6-4-13(5-7-14)16-10-17-11-19-16/h4-7,10-12,15,18,20H,2-3,8-9H2,1H3,(H,17,19). The monoisotopic (exact) mass is 270 g/mol. The Morgan fingerprint density at radius 1 is 1.35 bits per heavy atom. The van der Waals surface area contributed by atoms with E-state index >= 15 is 0 Å². The van der Waals surface area contributed by atoms with Crippen molar-refractivity contribution < 1.29 is 0 Å². The summed E-state index contributed by atoms with van der Waals surface area (Å²) >= 11 is 0. The summed E-state index contributed by atoms with van der Waals surface area (Å²) in [7, 11) is 0. The third kappa shape index (κ3) is 3.20. The van der Waals surface area contributed by atoms with Crippen LogP contribution in [0.2, 0.25) is 0 Å². The number of hydrogen-bond donors (Lipinski definition) is 3. The lowest BCUT2D eigenvalue weighted by atomic mass is 10.1. The van der Waals surface area contributed by atoms with Gasteiger partial charge in [-0.1, -0.05) is 12.1 Å². The lowest BCUT2D eigenvalue weighted by Crippen LogP contribution is -2.29. The molecule has 0 saturated carbocycles. The molecule has 1 aliphatic rings. The molecule has 0 aliphatic carbocycles. The normalized spacial score (nSPS) is 19.9. The van der Waals surface area contributed by atoms with Crippen LogP contribution in [0.3, 0.4) is 0 Å². The average molecular weight is 270 g/mol. The maximum Gasteiger partial charge on any atom is 0.0924 e. The minimum Gasteiger partial charge on any atom is -0.383 e. The van der Waals surface area contributed by atoms with Gasteiger partial charge in [0.25, 0.3) is 0 Å². The molecule has 2 atom stereocenters. The van der Waals surface area contributed by atoms with E-state index < -0.39 is 0 Å². The van der Waals surface area contributed by atoms with Crippen LogP contribution in [0.4, 0.5) is 5.69 Å². The number of rotatable bonds is 5. The van der Waals surface area contributed by atoms with Gasteiger partial charge in [0, 0.05) is 17.8 Å². The largest absolute Gasteiger partial charge is 0.383 e. The number of aromatic amines is 1. The predicted molar refractivity (Wildman–Crippen MR) is 82.8 cm³/mol. The first-order chi connectivity index (χ1) is 9.81. The lowest BCUT2D eigenvalue weighted by molar-refractivity contribution is 0.523. The minimum absolute atomic E-state index is 0.489. The topological polar surface area (TPSA) is 52.7 Å². The van der Waals surface area contributed by atoms with Crippen molar-refractivity contribution >= 4 is 5.69 Å². The number of aromatic nitrogens is 2. The second kappa shape index (κ2) is 6.09. The Morgan fingerprint density at radius 2 is 2.20 bits per heavy atom. The van der Waals surface area contributed by atoms with Gasteiger partial charge in [0.1, 0.15) is 0 Å². The molecule has 1 aliphatic heterocycles. The summed E-state index contributed by atoms with van der Waals surface area (Å²) in [5.41, 5.74) is 3.40. The smallest absolute Gasteiger partial charge is 0.0924 e. The van der Waals surface area contributed by atoms with Gasteiger partial charge >= 0.3 is 0 Å². The highest BCUT2D eigenvalue weighted by atomic mass is 15.0. The lowest BCUT2D eigenvalue weighted by Gasteiger charge is -2.19. The molecule has 0 radical (unpaired) electrons. The van der Waals surface area contributed by atoms with E-state index in [9.17, 15) is 0 Å². The van der Waals surface area contributed by atoms with Crippen molar-refractivity contribution in [1.82, 2.24) is 15.3 Å². The number of nitrogens with zero attached hydrogens (tertiary/aromatic N) is 1. The molecule has 0 amide bonds. The highest BCUT2D eigenvalue weighted by Crippen LogP contribution is 2.20. The van der Waals surface area contributed by atoms with Crippen molar-refractivity contribution in [3.05, 3.63) is 36.8 Å². The van der Waals surface area contributed by atoms with E-state index in [4.69, 9.17) is 0 Å². The van der Waals surface area contributed by atoms with E-state index in [0.29, 0.717) is 12.1 Å². The molecule has 2 heterocycles. The van der Waals surface area contributed by atoms with Gasteiger partial charge in [-0.15, -0.1) is 0 Å². The maximum absolute atomic E-state index is 4.05. The van der Waals surface area contributed by atoms with Gasteiger partial charge in [-0.2, -0.15) is 0 Å². The molecular weight excluding hydrogens is 248 g/mol. The van der Waals surface area contributed by atoms with Gasteiger partial charge < -0.3 is 15.6 Å². The first-order valence-corrected chi connectivity index (χ1v) is 7.40. The van der Waals surface area contributed by atoms with Crippen LogP contribution in [0.15, 0.2) is 36.8 Å². The summed E-state index contributed by atoms with van der Waals surface area (Å²) in [4.78, 5) is 7.17. The summed E-state index contributed by atoms with van der Waals surface area (Å²) in [6, 6.07) is 9.68. The van der Waals surface area contributed by atoms with Crippen molar-refractivity contribution in [2.24, 2.45) is 0 Å². The third-order valence-electron chi connectivity index (χ3n) is 3.91. The maximum atomic E-state index is 4.05. The second-order valence-corrected chi connectivity index (χ2v) is 5.62. The van der Waals surface area contributed by atoms with Gasteiger partial charge in [-0.05, 0) is 50.4 Å². The van der Waals surface area contributed by atoms with Gasteiger partial charge in [-0.25, -0.2) is 4.98 Å². The predicted octanol–water partition coefficient (Wildman–Crippen LogP) is 3.02. The average Bonchev–Trinajstić information content (AvgIpc) is 3.12. The number of H-pyrrole nitrogens is 1. The van der Waals surface area contributed by atoms with Gasteiger partial charge in [-0.3, -0.25) is 0 Å². The molecule has 4 nitrogen and oxygen atoms in total. The first-order valence-electron chi connectivity index (χ1n) is 7.40. The zero-order valence-electron chi connectivity index (χ0n) is 11.9. The summed E-state index contributed by atoms with van der Waals surface area (Å²) in [6.07, 6.45) is 7.36. The number of nitrogens with one attached hydrogen (secondary N) is 3. The summed E-state index contributed by atoms with van der Waals surface area (Å²) in [5, 5.41) is 7.13. The van der Waals surface area contributed by atoms with Crippen molar-refractivity contribution in [1.29, 1.82) is 0 Å². The van der Waals surface area contributed by atoms with E-state index in [1.807, 2.05) is 6.20 Å². The Bertz CT molecular complexity index is 512. The Hall–Kier alpha value is -1.81. The molecule has 0 bridgehead atoms. The Kier molecular flexibility index (Phi) is 4.02. The Morgan fingerprint density at radius 3 is 2.85 bits per heavy atom. The zero-order valence-corrected chi connectivity index (χ0v) is 11.9. The fourth-order valence-corrected chi connectivity index (χ4v) is 2.89. The van der Waals surface area contributed by atoms with Crippen LogP contribution >= 0.6 is 0 Å². The molecule has 2 unspecified atom stereocenters. The van der Waals surface area contributed by atoms with Crippen LogP contribution in [0.5, 0.6) is 0 Å². The Balaban J connectivity index is 1.57. The highest BCUT2D eigenvalue weighted by molar-refractivity contribution is 5.62. The molecule has 1 saturated heterocycles. The van der Waals surface area contributed by atoms with Crippen molar-refractivity contribution in [2.75, 3.05) is 11.9 Å². The first kappa shape index (κ1) is 13.2. The quantitative estimate of drug-likeness (QED) is 0.783. The third-order valence-corrected chi connectivity index (χ3v) is 3.91. The molecule has 0 spiro atoms. The van der Waals surface area contributed by atoms with Crippen molar-refractivity contribution in [2.45, 2.75) is 38.3 Å². The molecule has 1 aromatic heterocycles. The minimum atomic E-state index is 0.489. The van der Waals surface area contributed by atoms with E-state index in [-0.39, 0.29) is 0 Å². The molecule has 106 valence electrons. The van der Waals surface area contributed by atoms with Crippen LogP contribution in [-0.2, 0) is 0 Å². The molecular formula is C16H22N4. The number of hydrogen-bond acceptors (Lipinski definition) is 3. The fraction of sp³-hybridized carbons (Fsp3) is 0.438. The summed E-state index contributed by atoms with van der Waals surface area (Å²) in [6.45, 7) is 3.43. The van der Waals surface area contributed by atoms with Gasteiger partial charge in [0.05, 0.1) is 18.2 Å². The summed E-state index contributed by atoms with van der Waals surface area (Å²) in [5.74, 6) is 0. The van der Waals surface area contributed by atoms with Crippen LogP contribution in [0.1, 0.15) is 26.2 Å². The fourth-order valence-electron chi connectivity index (χ4n) is 2.89. The molecule has 20 heavy (non-hydrogen) atoms. The van der Waals surface area contributed by atoms with E-state index in [1.165, 1.54) is 31.5 Å². The van der Waals surface area contributed by atoms with Gasteiger partial charge in [0.2, 0.25) is 0 Å². The van der Waals surface area contributed by atoms with E-state index in [0.717, 1.165) is 11.3 Å².